The minimum atomic E-state index is 0.770. The molecule has 25 heavy (non-hydrogen) atoms. The van der Waals surface area contributed by atoms with E-state index in [2.05, 4.69) is 16.9 Å². The van der Waals surface area contributed by atoms with Crippen molar-refractivity contribution < 1.29 is 0 Å². The fourth-order valence-electron chi connectivity index (χ4n) is 2.66. The second-order valence-corrected chi connectivity index (χ2v) is 7.41. The molecule has 1 aliphatic rings. The highest BCUT2D eigenvalue weighted by molar-refractivity contribution is 7.98. The van der Waals surface area contributed by atoms with Crippen LogP contribution in [0.15, 0.2) is 76.6 Å². The summed E-state index contributed by atoms with van der Waals surface area (Å²) in [6, 6.07) is 22.2. The van der Waals surface area contributed by atoms with Gasteiger partial charge >= 0.3 is 0 Å². The number of para-hydroxylation sites is 2. The summed E-state index contributed by atoms with van der Waals surface area (Å²) in [5.41, 5.74) is 3.66. The zero-order valence-corrected chi connectivity index (χ0v) is 14.6. The number of nitrogens with one attached hydrogen (secondary N) is 1. The predicted molar refractivity (Wildman–Crippen MR) is 104 cm³/mol. The molecular formula is C19H12N4S2. The number of nitrogens with zero attached hydrogens (tertiary/aromatic N) is 3. The number of pyridine rings is 1. The minimum absolute atomic E-state index is 0.770. The zero-order valence-electron chi connectivity index (χ0n) is 13.0. The Bertz CT molecular complexity index is 1080. The molecule has 0 amide bonds. The van der Waals surface area contributed by atoms with E-state index in [4.69, 9.17) is 15.0 Å². The Morgan fingerprint density at radius 2 is 1.60 bits per heavy atom. The maximum Gasteiger partial charge on any atom is 0.162 e. The summed E-state index contributed by atoms with van der Waals surface area (Å²) in [5.74, 6) is 0.770. The topological polar surface area (TPSA) is 50.2 Å². The number of benzene rings is 2. The number of aliphatic imine (C=N–C) groups is 1. The van der Waals surface area contributed by atoms with Crippen molar-refractivity contribution in [2.45, 2.75) is 4.90 Å². The second kappa shape index (κ2) is 5.98. The molecule has 0 saturated heterocycles. The van der Waals surface area contributed by atoms with Crippen LogP contribution in [0.25, 0.3) is 20.9 Å². The molecule has 6 heteroatoms. The maximum atomic E-state index is 4.78. The highest BCUT2D eigenvalue weighted by Crippen LogP contribution is 2.32. The van der Waals surface area contributed by atoms with Crippen molar-refractivity contribution in [3.8, 4) is 10.7 Å². The molecule has 0 aliphatic carbocycles. The summed E-state index contributed by atoms with van der Waals surface area (Å²) in [7, 11) is 0. The third-order valence-corrected chi connectivity index (χ3v) is 5.78. The van der Waals surface area contributed by atoms with Crippen molar-refractivity contribution in [2.24, 2.45) is 4.99 Å². The van der Waals surface area contributed by atoms with Gasteiger partial charge in [0, 0.05) is 0 Å². The molecule has 4 aromatic rings. The Morgan fingerprint density at radius 3 is 2.56 bits per heavy atom. The average Bonchev–Trinajstić information content (AvgIpc) is 3.12. The van der Waals surface area contributed by atoms with Crippen LogP contribution in [0, 0.1) is 0 Å². The third-order valence-electron chi connectivity index (χ3n) is 3.86. The van der Waals surface area contributed by atoms with Gasteiger partial charge in [0.2, 0.25) is 0 Å². The minimum Gasteiger partial charge on any atom is -0.308 e. The standard InChI is InChI=1S/C19H12N4S2/c1-3-10-16-12(6-1)22-19(24-16)15-9-5-8-14(20-15)18-21-13-7-2-4-11-17(13)25-23-18/h1-11H,(H,21,23). The van der Waals surface area contributed by atoms with Crippen LogP contribution in [0.4, 0.5) is 5.69 Å². The van der Waals surface area contributed by atoms with Gasteiger partial charge in [-0.05, 0) is 48.3 Å². The molecule has 1 N–H and O–H groups in total. The number of hydrogen-bond acceptors (Lipinski definition) is 6. The molecule has 0 radical (unpaired) electrons. The molecule has 0 saturated carbocycles. The van der Waals surface area contributed by atoms with Gasteiger partial charge in [-0.1, -0.05) is 30.3 Å². The molecule has 2 aromatic heterocycles. The number of fused-ring (bicyclic) bond motifs is 2. The third kappa shape index (κ3) is 2.69. The van der Waals surface area contributed by atoms with E-state index in [9.17, 15) is 0 Å². The normalized spacial score (nSPS) is 13.2. The smallest absolute Gasteiger partial charge is 0.162 e. The number of amidine groups is 1. The lowest BCUT2D eigenvalue weighted by Crippen LogP contribution is -2.21. The molecule has 2 aromatic carbocycles. The summed E-state index contributed by atoms with van der Waals surface area (Å²) < 4.78 is 4.45. The lowest BCUT2D eigenvalue weighted by Gasteiger charge is -2.16. The SMILES string of the molecule is c1cc(C2=Nc3ccccc3SN2)nc(-c2nc3ccccc3s2)c1. The van der Waals surface area contributed by atoms with Gasteiger partial charge in [0.05, 0.1) is 26.5 Å². The Kier molecular flexibility index (Phi) is 3.50. The van der Waals surface area contributed by atoms with Gasteiger partial charge in [0.1, 0.15) is 10.7 Å². The van der Waals surface area contributed by atoms with E-state index in [1.165, 1.54) is 4.70 Å². The van der Waals surface area contributed by atoms with Gasteiger partial charge in [0.15, 0.2) is 5.84 Å². The monoisotopic (exact) mass is 360 g/mol. The zero-order chi connectivity index (χ0) is 16.6. The molecule has 0 bridgehead atoms. The number of aromatic nitrogens is 2. The first kappa shape index (κ1) is 14.6. The van der Waals surface area contributed by atoms with Gasteiger partial charge in [0.25, 0.3) is 0 Å². The van der Waals surface area contributed by atoms with Gasteiger partial charge in [-0.25, -0.2) is 15.0 Å². The summed E-state index contributed by atoms with van der Waals surface area (Å²) in [4.78, 5) is 15.3. The van der Waals surface area contributed by atoms with Crippen molar-refractivity contribution in [3.63, 3.8) is 0 Å². The van der Waals surface area contributed by atoms with Gasteiger partial charge in [-0.15, -0.1) is 11.3 Å². The van der Waals surface area contributed by atoms with Crippen LogP contribution in [-0.2, 0) is 0 Å². The van der Waals surface area contributed by atoms with E-state index in [1.807, 2.05) is 54.6 Å². The summed E-state index contributed by atoms with van der Waals surface area (Å²) in [6.07, 6.45) is 0. The van der Waals surface area contributed by atoms with Crippen LogP contribution in [0.3, 0.4) is 0 Å². The van der Waals surface area contributed by atoms with Crippen LogP contribution < -0.4 is 4.72 Å². The fraction of sp³-hybridized carbons (Fsp3) is 0. The summed E-state index contributed by atoms with van der Waals surface area (Å²) >= 11 is 3.22. The van der Waals surface area contributed by atoms with Crippen LogP contribution in [-0.4, -0.2) is 15.8 Å². The average molecular weight is 360 g/mol. The fourth-order valence-corrected chi connectivity index (χ4v) is 4.32. The van der Waals surface area contributed by atoms with Gasteiger partial charge in [-0.3, -0.25) is 0 Å². The molecule has 120 valence electrons. The molecule has 4 nitrogen and oxygen atoms in total. The molecular weight excluding hydrogens is 348 g/mol. The van der Waals surface area contributed by atoms with E-state index in [-0.39, 0.29) is 0 Å². The van der Waals surface area contributed by atoms with Gasteiger partial charge in [-0.2, -0.15) is 0 Å². The van der Waals surface area contributed by atoms with Crippen LogP contribution in [0.2, 0.25) is 0 Å². The number of thiazole rings is 1. The van der Waals surface area contributed by atoms with E-state index >= 15 is 0 Å². The lowest BCUT2D eigenvalue weighted by molar-refractivity contribution is 1.22. The van der Waals surface area contributed by atoms with Crippen molar-refractivity contribution >= 4 is 45.0 Å². The largest absolute Gasteiger partial charge is 0.308 e. The van der Waals surface area contributed by atoms with E-state index in [0.29, 0.717) is 0 Å². The van der Waals surface area contributed by atoms with E-state index < -0.39 is 0 Å². The summed E-state index contributed by atoms with van der Waals surface area (Å²) in [5, 5.41) is 0.924. The lowest BCUT2D eigenvalue weighted by atomic mass is 10.2. The Morgan fingerprint density at radius 1 is 0.760 bits per heavy atom. The van der Waals surface area contributed by atoms with Crippen molar-refractivity contribution in [1.82, 2.24) is 14.7 Å². The molecule has 1 aliphatic heterocycles. The molecule has 5 rings (SSSR count). The Balaban J connectivity index is 1.56. The van der Waals surface area contributed by atoms with Crippen molar-refractivity contribution in [3.05, 3.63) is 72.4 Å². The molecule has 0 spiro atoms. The number of rotatable bonds is 2. The van der Waals surface area contributed by atoms with Crippen LogP contribution in [0.1, 0.15) is 5.69 Å². The van der Waals surface area contributed by atoms with E-state index in [0.717, 1.165) is 38.3 Å². The molecule has 3 heterocycles. The van der Waals surface area contributed by atoms with E-state index in [1.54, 1.807) is 23.3 Å². The highest BCUT2D eigenvalue weighted by atomic mass is 32.2. The van der Waals surface area contributed by atoms with Crippen molar-refractivity contribution in [2.75, 3.05) is 0 Å². The first-order valence-electron chi connectivity index (χ1n) is 7.81. The van der Waals surface area contributed by atoms with Crippen molar-refractivity contribution in [1.29, 1.82) is 0 Å². The van der Waals surface area contributed by atoms with Crippen LogP contribution in [0.5, 0.6) is 0 Å². The summed E-state index contributed by atoms with van der Waals surface area (Å²) in [6.45, 7) is 0. The van der Waals surface area contributed by atoms with Crippen LogP contribution >= 0.6 is 23.3 Å². The molecule has 0 atom stereocenters. The second-order valence-electron chi connectivity index (χ2n) is 5.53. The Labute approximate surface area is 152 Å². The predicted octanol–water partition coefficient (Wildman–Crippen LogP) is 5.05. The Hall–Kier alpha value is -2.70. The first-order valence-corrected chi connectivity index (χ1v) is 9.44. The first-order chi connectivity index (χ1) is 12.4. The molecule has 0 unspecified atom stereocenters. The quantitative estimate of drug-likeness (QED) is 0.508. The highest BCUT2D eigenvalue weighted by Gasteiger charge is 2.15. The maximum absolute atomic E-state index is 4.78. The van der Waals surface area contributed by atoms with Gasteiger partial charge < -0.3 is 4.72 Å². The number of hydrogen-bond donors (Lipinski definition) is 1. The molecule has 0 fully saturated rings.